The van der Waals surface area contributed by atoms with Gasteiger partial charge < -0.3 is 9.84 Å². The Morgan fingerprint density at radius 2 is 2.15 bits per heavy atom. The molecule has 8 heteroatoms. The average molecular weight is 364 g/mol. The molecule has 0 spiro atoms. The van der Waals surface area contributed by atoms with Crippen LogP contribution in [0.15, 0.2) is 41.3 Å². The van der Waals surface area contributed by atoms with E-state index in [4.69, 9.17) is 4.52 Å². The fourth-order valence-corrected chi connectivity index (χ4v) is 3.04. The minimum absolute atomic E-state index is 0.0204. The van der Waals surface area contributed by atoms with Crippen LogP contribution in [0.25, 0.3) is 11.5 Å². The maximum absolute atomic E-state index is 12.3. The Kier molecular flexibility index (Phi) is 4.64. The lowest BCUT2D eigenvalue weighted by Gasteiger charge is -2.36. The number of hydrogen-bond donors (Lipinski definition) is 1. The van der Waals surface area contributed by atoms with E-state index in [0.717, 1.165) is 16.8 Å². The van der Waals surface area contributed by atoms with Gasteiger partial charge in [0.25, 0.3) is 0 Å². The standard InChI is InChI=1S/C19H20N6O2/c1-12-3-4-13(2)15(7-12)22-17(26)11-25-9-14(10-25)19-23-18(24-27-19)16-8-20-5-6-21-16/h3-8,14H,9-11H2,1-2H3,(H,22,26). The zero-order valence-electron chi connectivity index (χ0n) is 15.2. The van der Waals surface area contributed by atoms with Gasteiger partial charge >= 0.3 is 0 Å². The zero-order valence-corrected chi connectivity index (χ0v) is 15.2. The maximum Gasteiger partial charge on any atom is 0.238 e. The highest BCUT2D eigenvalue weighted by molar-refractivity contribution is 5.93. The number of aromatic nitrogens is 4. The van der Waals surface area contributed by atoms with Gasteiger partial charge in [-0.05, 0) is 31.0 Å². The highest BCUT2D eigenvalue weighted by Gasteiger charge is 2.33. The second-order valence-electron chi connectivity index (χ2n) is 6.80. The molecular weight excluding hydrogens is 344 g/mol. The number of aryl methyl sites for hydroxylation is 2. The summed E-state index contributed by atoms with van der Waals surface area (Å²) < 4.78 is 5.34. The molecule has 0 bridgehead atoms. The normalized spacial score (nSPS) is 14.7. The summed E-state index contributed by atoms with van der Waals surface area (Å²) in [7, 11) is 0. The molecule has 1 amide bonds. The summed E-state index contributed by atoms with van der Waals surface area (Å²) in [6, 6.07) is 6.03. The van der Waals surface area contributed by atoms with Crippen LogP contribution in [-0.4, -0.2) is 50.5 Å². The van der Waals surface area contributed by atoms with Gasteiger partial charge in [0.1, 0.15) is 5.69 Å². The molecule has 1 aliphatic heterocycles. The third-order valence-corrected chi connectivity index (χ3v) is 4.57. The van der Waals surface area contributed by atoms with Gasteiger partial charge in [0, 0.05) is 31.2 Å². The molecule has 8 nitrogen and oxygen atoms in total. The molecule has 138 valence electrons. The van der Waals surface area contributed by atoms with Gasteiger partial charge in [-0.3, -0.25) is 14.7 Å². The molecule has 0 saturated carbocycles. The van der Waals surface area contributed by atoms with E-state index in [1.165, 1.54) is 0 Å². The van der Waals surface area contributed by atoms with Crippen molar-refractivity contribution in [2.24, 2.45) is 0 Å². The number of carbonyl (C=O) groups excluding carboxylic acids is 1. The predicted molar refractivity (Wildman–Crippen MR) is 99.1 cm³/mol. The molecule has 2 aromatic heterocycles. The Hall–Kier alpha value is -3.13. The summed E-state index contributed by atoms with van der Waals surface area (Å²) in [5.74, 6) is 1.12. The van der Waals surface area contributed by atoms with Crippen molar-refractivity contribution in [1.29, 1.82) is 0 Å². The Morgan fingerprint density at radius 3 is 2.93 bits per heavy atom. The van der Waals surface area contributed by atoms with E-state index in [1.807, 2.05) is 32.0 Å². The largest absolute Gasteiger partial charge is 0.339 e. The highest BCUT2D eigenvalue weighted by Crippen LogP contribution is 2.27. The fourth-order valence-electron chi connectivity index (χ4n) is 3.04. The van der Waals surface area contributed by atoms with Crippen LogP contribution in [0.3, 0.4) is 0 Å². The number of carbonyl (C=O) groups is 1. The van der Waals surface area contributed by atoms with E-state index >= 15 is 0 Å². The van der Waals surface area contributed by atoms with Crippen LogP contribution in [0.2, 0.25) is 0 Å². The molecule has 27 heavy (non-hydrogen) atoms. The van der Waals surface area contributed by atoms with Crippen LogP contribution in [0.1, 0.15) is 22.9 Å². The van der Waals surface area contributed by atoms with Gasteiger partial charge in [-0.2, -0.15) is 4.98 Å². The van der Waals surface area contributed by atoms with Crippen molar-refractivity contribution in [3.63, 3.8) is 0 Å². The SMILES string of the molecule is Cc1ccc(C)c(NC(=O)CN2CC(c3nc(-c4cnccn4)no3)C2)c1. The molecule has 0 unspecified atom stereocenters. The number of rotatable bonds is 5. The van der Waals surface area contributed by atoms with Crippen molar-refractivity contribution in [2.75, 3.05) is 25.0 Å². The first-order chi connectivity index (χ1) is 13.1. The van der Waals surface area contributed by atoms with Crippen LogP contribution in [0.4, 0.5) is 5.69 Å². The molecule has 4 rings (SSSR count). The van der Waals surface area contributed by atoms with Crippen molar-refractivity contribution in [3.8, 4) is 11.5 Å². The summed E-state index contributed by atoms with van der Waals surface area (Å²) in [5.41, 5.74) is 3.62. The molecule has 1 saturated heterocycles. The number of nitrogens with zero attached hydrogens (tertiary/aromatic N) is 5. The second-order valence-corrected chi connectivity index (χ2v) is 6.80. The summed E-state index contributed by atoms with van der Waals surface area (Å²) in [6.07, 6.45) is 4.78. The number of amides is 1. The van der Waals surface area contributed by atoms with Crippen LogP contribution in [0, 0.1) is 13.8 Å². The van der Waals surface area contributed by atoms with Crippen molar-refractivity contribution < 1.29 is 9.32 Å². The smallest absolute Gasteiger partial charge is 0.238 e. The van der Waals surface area contributed by atoms with E-state index in [-0.39, 0.29) is 11.8 Å². The van der Waals surface area contributed by atoms with E-state index in [0.29, 0.717) is 37.0 Å². The van der Waals surface area contributed by atoms with Gasteiger partial charge in [0.15, 0.2) is 0 Å². The summed E-state index contributed by atoms with van der Waals surface area (Å²) in [5, 5.41) is 6.95. The molecule has 0 atom stereocenters. The lowest BCUT2D eigenvalue weighted by molar-refractivity contribution is -0.118. The Bertz CT molecular complexity index is 950. The van der Waals surface area contributed by atoms with Crippen LogP contribution >= 0.6 is 0 Å². The Morgan fingerprint density at radius 1 is 1.30 bits per heavy atom. The minimum Gasteiger partial charge on any atom is -0.339 e. The number of anilines is 1. The maximum atomic E-state index is 12.3. The van der Waals surface area contributed by atoms with Gasteiger partial charge in [0.2, 0.25) is 17.6 Å². The summed E-state index contributed by atoms with van der Waals surface area (Å²) in [4.78, 5) is 26.9. The third-order valence-electron chi connectivity index (χ3n) is 4.57. The highest BCUT2D eigenvalue weighted by atomic mass is 16.5. The van der Waals surface area contributed by atoms with Crippen molar-refractivity contribution in [3.05, 3.63) is 53.8 Å². The van der Waals surface area contributed by atoms with Crippen molar-refractivity contribution in [2.45, 2.75) is 19.8 Å². The summed E-state index contributed by atoms with van der Waals surface area (Å²) in [6.45, 7) is 5.76. The van der Waals surface area contributed by atoms with Crippen LogP contribution in [-0.2, 0) is 4.79 Å². The molecule has 0 radical (unpaired) electrons. The third kappa shape index (κ3) is 3.85. The molecule has 1 aromatic carbocycles. The first kappa shape index (κ1) is 17.3. The molecule has 1 fully saturated rings. The molecule has 3 heterocycles. The zero-order chi connectivity index (χ0) is 18.8. The van der Waals surface area contributed by atoms with Crippen LogP contribution < -0.4 is 5.32 Å². The number of likely N-dealkylation sites (tertiary alicyclic amines) is 1. The predicted octanol–water partition coefficient (Wildman–Crippen LogP) is 2.18. The van der Waals surface area contributed by atoms with Crippen LogP contribution in [0.5, 0.6) is 0 Å². The van der Waals surface area contributed by atoms with Gasteiger partial charge in [0.05, 0.1) is 18.7 Å². The van der Waals surface area contributed by atoms with E-state index < -0.39 is 0 Å². The van der Waals surface area contributed by atoms with Gasteiger partial charge in [-0.1, -0.05) is 17.3 Å². The molecular formula is C19H20N6O2. The van der Waals surface area contributed by atoms with Crippen molar-refractivity contribution in [1.82, 2.24) is 25.0 Å². The minimum atomic E-state index is -0.0204. The Balaban J connectivity index is 1.30. The van der Waals surface area contributed by atoms with E-state index in [1.54, 1.807) is 18.6 Å². The lowest BCUT2D eigenvalue weighted by Crippen LogP contribution is -2.48. The Labute approximate surface area is 156 Å². The van der Waals surface area contributed by atoms with Crippen molar-refractivity contribution >= 4 is 11.6 Å². The topological polar surface area (TPSA) is 97.0 Å². The first-order valence-corrected chi connectivity index (χ1v) is 8.78. The fraction of sp³-hybridized carbons (Fsp3) is 0.316. The monoisotopic (exact) mass is 364 g/mol. The van der Waals surface area contributed by atoms with E-state index in [9.17, 15) is 4.79 Å². The second kappa shape index (κ2) is 7.24. The molecule has 1 N–H and O–H groups in total. The quantitative estimate of drug-likeness (QED) is 0.741. The van der Waals surface area contributed by atoms with E-state index in [2.05, 4.69) is 30.3 Å². The number of nitrogens with one attached hydrogen (secondary N) is 1. The average Bonchev–Trinajstić information content (AvgIpc) is 3.11. The van der Waals surface area contributed by atoms with Gasteiger partial charge in [-0.15, -0.1) is 0 Å². The first-order valence-electron chi connectivity index (χ1n) is 8.78. The van der Waals surface area contributed by atoms with Gasteiger partial charge in [-0.25, -0.2) is 4.98 Å². The molecule has 0 aliphatic carbocycles. The lowest BCUT2D eigenvalue weighted by atomic mass is 10.0. The summed E-state index contributed by atoms with van der Waals surface area (Å²) >= 11 is 0. The molecule has 1 aliphatic rings. The number of hydrogen-bond acceptors (Lipinski definition) is 7. The molecule has 3 aromatic rings. The number of benzene rings is 1.